The molecule has 4 heteroatoms. The van der Waals surface area contributed by atoms with Crippen LogP contribution in [0.5, 0.6) is 0 Å². The minimum absolute atomic E-state index is 0.0409. The predicted molar refractivity (Wildman–Crippen MR) is 73.7 cm³/mol. The quantitative estimate of drug-likeness (QED) is 0.884. The number of rotatable bonds is 3. The van der Waals surface area contributed by atoms with E-state index in [1.807, 2.05) is 27.7 Å². The van der Waals surface area contributed by atoms with E-state index in [0.29, 0.717) is 6.42 Å². The van der Waals surface area contributed by atoms with Crippen molar-refractivity contribution in [3.05, 3.63) is 30.1 Å². The first-order chi connectivity index (χ1) is 8.70. The summed E-state index contributed by atoms with van der Waals surface area (Å²) >= 11 is 0. The van der Waals surface area contributed by atoms with Gasteiger partial charge in [0, 0.05) is 12.1 Å². The number of halogens is 1. The molecule has 1 aromatic rings. The van der Waals surface area contributed by atoms with Gasteiger partial charge >= 0.3 is 0 Å². The summed E-state index contributed by atoms with van der Waals surface area (Å²) in [4.78, 5) is 0. The monoisotopic (exact) mass is 267 g/mol. The minimum Gasteiger partial charge on any atom is -0.394 e. The third-order valence-corrected chi connectivity index (χ3v) is 3.91. The first kappa shape index (κ1) is 14.3. The number of hydrogen-bond donors (Lipinski definition) is 2. The number of benzene rings is 1. The van der Waals surface area contributed by atoms with E-state index in [-0.39, 0.29) is 18.0 Å². The first-order valence-electron chi connectivity index (χ1n) is 6.55. The topological polar surface area (TPSA) is 41.5 Å². The molecule has 0 radical (unpaired) electrons. The largest absolute Gasteiger partial charge is 0.394 e. The van der Waals surface area contributed by atoms with E-state index in [1.165, 1.54) is 12.1 Å². The highest BCUT2D eigenvalue weighted by atomic mass is 19.1. The number of ether oxygens (including phenoxy) is 1. The zero-order chi connectivity index (χ0) is 14.3. The Labute approximate surface area is 113 Å². The molecule has 2 N–H and O–H groups in total. The van der Waals surface area contributed by atoms with Crippen LogP contribution in [-0.2, 0) is 4.74 Å². The molecule has 1 atom stereocenters. The highest BCUT2D eigenvalue weighted by Gasteiger charge is 2.57. The van der Waals surface area contributed by atoms with Gasteiger partial charge in [0.1, 0.15) is 5.82 Å². The number of aliphatic hydroxyl groups excluding tert-OH is 1. The van der Waals surface area contributed by atoms with Gasteiger partial charge in [-0.05, 0) is 52.0 Å². The lowest BCUT2D eigenvalue weighted by molar-refractivity contribution is -0.0808. The van der Waals surface area contributed by atoms with Crippen LogP contribution < -0.4 is 5.32 Å². The van der Waals surface area contributed by atoms with Gasteiger partial charge in [-0.25, -0.2) is 4.39 Å². The SMILES string of the molecule is CC1(C)CC(CO)(Nc2ccc(F)cc2)C(C)(C)O1. The van der Waals surface area contributed by atoms with Crippen molar-refractivity contribution in [1.29, 1.82) is 0 Å². The van der Waals surface area contributed by atoms with Crippen molar-refractivity contribution >= 4 is 5.69 Å². The molecule has 1 aliphatic heterocycles. The highest BCUT2D eigenvalue weighted by molar-refractivity contribution is 5.47. The van der Waals surface area contributed by atoms with Gasteiger partial charge in [0.15, 0.2) is 0 Å². The van der Waals surface area contributed by atoms with E-state index < -0.39 is 11.1 Å². The number of hydrogen-bond acceptors (Lipinski definition) is 3. The second-order valence-electron chi connectivity index (χ2n) is 6.42. The van der Waals surface area contributed by atoms with Gasteiger partial charge in [0.25, 0.3) is 0 Å². The van der Waals surface area contributed by atoms with Crippen molar-refractivity contribution in [3.8, 4) is 0 Å². The van der Waals surface area contributed by atoms with E-state index in [2.05, 4.69) is 5.32 Å². The van der Waals surface area contributed by atoms with E-state index in [4.69, 9.17) is 4.74 Å². The second kappa shape index (κ2) is 4.46. The molecule has 0 aromatic heterocycles. The maximum absolute atomic E-state index is 13.0. The summed E-state index contributed by atoms with van der Waals surface area (Å²) in [7, 11) is 0. The fourth-order valence-corrected chi connectivity index (χ4v) is 3.05. The average molecular weight is 267 g/mol. The Kier molecular flexibility index (Phi) is 3.35. The van der Waals surface area contributed by atoms with Gasteiger partial charge in [-0.2, -0.15) is 0 Å². The lowest BCUT2D eigenvalue weighted by Gasteiger charge is -2.39. The third-order valence-electron chi connectivity index (χ3n) is 3.91. The van der Waals surface area contributed by atoms with Crippen LogP contribution in [0.3, 0.4) is 0 Å². The van der Waals surface area contributed by atoms with Crippen molar-refractivity contribution in [2.75, 3.05) is 11.9 Å². The maximum atomic E-state index is 13.0. The molecular formula is C15H22FNO2. The van der Waals surface area contributed by atoms with Gasteiger partial charge in [0.2, 0.25) is 0 Å². The van der Waals surface area contributed by atoms with Crippen LogP contribution in [0.2, 0.25) is 0 Å². The lowest BCUT2D eigenvalue weighted by atomic mass is 9.79. The van der Waals surface area contributed by atoms with Crippen LogP contribution in [0, 0.1) is 5.82 Å². The van der Waals surface area contributed by atoms with E-state index >= 15 is 0 Å². The summed E-state index contributed by atoms with van der Waals surface area (Å²) in [5.74, 6) is -0.272. The van der Waals surface area contributed by atoms with Crippen molar-refractivity contribution in [2.45, 2.75) is 50.9 Å². The number of anilines is 1. The minimum atomic E-state index is -0.575. The highest BCUT2D eigenvalue weighted by Crippen LogP contribution is 2.46. The molecule has 0 saturated carbocycles. The molecule has 1 aliphatic rings. The van der Waals surface area contributed by atoms with Crippen molar-refractivity contribution in [1.82, 2.24) is 0 Å². The molecule has 19 heavy (non-hydrogen) atoms. The number of aliphatic hydroxyl groups is 1. The molecular weight excluding hydrogens is 245 g/mol. The Bertz CT molecular complexity index is 456. The predicted octanol–water partition coefficient (Wildman–Crippen LogP) is 2.95. The lowest BCUT2D eigenvalue weighted by Crippen LogP contribution is -2.55. The molecule has 0 spiro atoms. The Morgan fingerprint density at radius 3 is 2.21 bits per heavy atom. The molecule has 1 fully saturated rings. The molecule has 1 saturated heterocycles. The smallest absolute Gasteiger partial charge is 0.123 e. The summed E-state index contributed by atoms with van der Waals surface area (Å²) in [6.45, 7) is 7.92. The molecule has 0 bridgehead atoms. The maximum Gasteiger partial charge on any atom is 0.123 e. The van der Waals surface area contributed by atoms with Crippen LogP contribution in [0.25, 0.3) is 0 Å². The Morgan fingerprint density at radius 2 is 1.79 bits per heavy atom. The van der Waals surface area contributed by atoms with Gasteiger partial charge in [-0.1, -0.05) is 0 Å². The molecule has 1 aromatic carbocycles. The van der Waals surface area contributed by atoms with Gasteiger partial charge in [-0.15, -0.1) is 0 Å². The Morgan fingerprint density at radius 1 is 1.21 bits per heavy atom. The molecule has 3 nitrogen and oxygen atoms in total. The van der Waals surface area contributed by atoms with Crippen LogP contribution in [0.15, 0.2) is 24.3 Å². The fourth-order valence-electron chi connectivity index (χ4n) is 3.05. The average Bonchev–Trinajstić information content (AvgIpc) is 2.47. The summed E-state index contributed by atoms with van der Waals surface area (Å²) in [6, 6.07) is 6.16. The zero-order valence-electron chi connectivity index (χ0n) is 12.0. The van der Waals surface area contributed by atoms with Crippen molar-refractivity contribution in [3.63, 3.8) is 0 Å². The standard InChI is InChI=1S/C15H22FNO2/c1-13(2)9-15(10-18,14(3,4)19-13)17-12-7-5-11(16)6-8-12/h5-8,17-18H,9-10H2,1-4H3. The second-order valence-corrected chi connectivity index (χ2v) is 6.42. The Balaban J connectivity index is 2.30. The molecule has 1 unspecified atom stereocenters. The van der Waals surface area contributed by atoms with Crippen LogP contribution in [0.4, 0.5) is 10.1 Å². The summed E-state index contributed by atoms with van der Waals surface area (Å²) in [5, 5.41) is 13.2. The fraction of sp³-hybridized carbons (Fsp3) is 0.600. The van der Waals surface area contributed by atoms with Gasteiger partial charge < -0.3 is 15.2 Å². The molecule has 1 heterocycles. The summed E-state index contributed by atoms with van der Waals surface area (Å²) in [5.41, 5.74) is -0.613. The van der Waals surface area contributed by atoms with E-state index in [0.717, 1.165) is 5.69 Å². The molecule has 0 aliphatic carbocycles. The van der Waals surface area contributed by atoms with Crippen LogP contribution in [0.1, 0.15) is 34.1 Å². The van der Waals surface area contributed by atoms with E-state index in [9.17, 15) is 9.50 Å². The molecule has 106 valence electrons. The van der Waals surface area contributed by atoms with Gasteiger partial charge in [-0.3, -0.25) is 0 Å². The molecule has 2 rings (SSSR count). The Hall–Kier alpha value is -1.13. The van der Waals surface area contributed by atoms with Crippen LogP contribution in [-0.4, -0.2) is 28.5 Å². The normalized spacial score (nSPS) is 28.3. The zero-order valence-corrected chi connectivity index (χ0v) is 12.0. The molecule has 0 amide bonds. The van der Waals surface area contributed by atoms with E-state index in [1.54, 1.807) is 12.1 Å². The van der Waals surface area contributed by atoms with Crippen molar-refractivity contribution in [2.24, 2.45) is 0 Å². The number of nitrogens with one attached hydrogen (secondary N) is 1. The summed E-state index contributed by atoms with van der Waals surface area (Å²) in [6.07, 6.45) is 0.681. The van der Waals surface area contributed by atoms with Gasteiger partial charge in [0.05, 0.1) is 23.3 Å². The first-order valence-corrected chi connectivity index (χ1v) is 6.55. The van der Waals surface area contributed by atoms with Crippen LogP contribution >= 0.6 is 0 Å². The van der Waals surface area contributed by atoms with Crippen molar-refractivity contribution < 1.29 is 14.2 Å². The third kappa shape index (κ3) is 2.60. The summed E-state index contributed by atoms with van der Waals surface area (Å²) < 4.78 is 19.0.